The monoisotopic (exact) mass is 318 g/mol. The Balaban J connectivity index is 2.13. The Morgan fingerprint density at radius 3 is 2.95 bits per heavy atom. The molecule has 2 unspecified atom stereocenters. The van der Waals surface area contributed by atoms with Crippen molar-refractivity contribution < 1.29 is 4.74 Å². The number of halogens is 1. The Morgan fingerprint density at radius 1 is 1.37 bits per heavy atom. The van der Waals surface area contributed by atoms with Gasteiger partial charge in [-0.15, -0.1) is 0 Å². The lowest BCUT2D eigenvalue weighted by atomic mass is 9.82. The van der Waals surface area contributed by atoms with E-state index in [0.29, 0.717) is 5.92 Å². The smallest absolute Gasteiger partial charge is 0.118 e. The second kappa shape index (κ2) is 4.92. The normalized spacial score (nSPS) is 29.2. The van der Waals surface area contributed by atoms with Gasteiger partial charge in [0.15, 0.2) is 0 Å². The molecule has 0 N–H and O–H groups in total. The van der Waals surface area contributed by atoms with Crippen LogP contribution in [0.1, 0.15) is 30.9 Å². The summed E-state index contributed by atoms with van der Waals surface area (Å²) < 4.78 is 7.23. The number of hydrogen-bond acceptors (Lipinski definition) is 1. The van der Waals surface area contributed by atoms with E-state index >= 15 is 0 Å². The Labute approximate surface area is 123 Å². The summed E-state index contributed by atoms with van der Waals surface area (Å²) in [6, 6.07) is 6.45. The highest BCUT2D eigenvalue weighted by Gasteiger charge is 2.42. The van der Waals surface area contributed by atoms with Gasteiger partial charge in [-0.2, -0.15) is 0 Å². The lowest BCUT2D eigenvalue weighted by Crippen LogP contribution is -2.28. The van der Waals surface area contributed by atoms with Crippen LogP contribution in [-0.2, 0) is 16.8 Å². The standard InChI is InChI=1S/C17H19BrO/c1-12-5-3-6-13(11-12)17(19-2)10-9-14-15(17)7-4-8-16(14)18/h3-4,6-8,11-12H,5,9-10H2,1-2H3. The minimum absolute atomic E-state index is 0.246. The van der Waals surface area contributed by atoms with Gasteiger partial charge in [-0.3, -0.25) is 0 Å². The maximum Gasteiger partial charge on any atom is 0.118 e. The van der Waals surface area contributed by atoms with Crippen molar-refractivity contribution in [2.24, 2.45) is 5.92 Å². The van der Waals surface area contributed by atoms with Gasteiger partial charge >= 0.3 is 0 Å². The molecule has 0 aromatic heterocycles. The van der Waals surface area contributed by atoms with Crippen LogP contribution in [0.15, 0.2) is 46.5 Å². The summed E-state index contributed by atoms with van der Waals surface area (Å²) >= 11 is 3.67. The molecule has 0 spiro atoms. The van der Waals surface area contributed by atoms with Crippen LogP contribution in [0.3, 0.4) is 0 Å². The summed E-state index contributed by atoms with van der Waals surface area (Å²) in [6.45, 7) is 2.27. The predicted octanol–water partition coefficient (Wildman–Crippen LogP) is 4.76. The third-order valence-electron chi connectivity index (χ3n) is 4.37. The molecule has 0 fully saturated rings. The molecule has 1 aromatic rings. The molecule has 2 aliphatic carbocycles. The second-order valence-corrected chi connectivity index (χ2v) is 6.39. The Hall–Kier alpha value is -0.860. The van der Waals surface area contributed by atoms with Crippen molar-refractivity contribution in [2.45, 2.75) is 31.8 Å². The van der Waals surface area contributed by atoms with Crippen molar-refractivity contribution in [1.29, 1.82) is 0 Å². The molecule has 1 nitrogen and oxygen atoms in total. The molecule has 1 aromatic carbocycles. The third kappa shape index (κ3) is 2.02. The molecular weight excluding hydrogens is 300 g/mol. The highest BCUT2D eigenvalue weighted by molar-refractivity contribution is 9.10. The molecule has 0 heterocycles. The highest BCUT2D eigenvalue weighted by atomic mass is 79.9. The topological polar surface area (TPSA) is 9.23 Å². The molecule has 0 aliphatic heterocycles. The van der Waals surface area contributed by atoms with Crippen molar-refractivity contribution >= 4 is 15.9 Å². The average molecular weight is 319 g/mol. The molecule has 0 bridgehead atoms. The first-order valence-electron chi connectivity index (χ1n) is 6.89. The SMILES string of the molecule is COC1(C2=CC(C)CC=C2)CCc2c(Br)cccc21. The van der Waals surface area contributed by atoms with Gasteiger partial charge in [-0.1, -0.05) is 53.2 Å². The van der Waals surface area contributed by atoms with Crippen molar-refractivity contribution in [3.63, 3.8) is 0 Å². The number of benzene rings is 1. The lowest BCUT2D eigenvalue weighted by molar-refractivity contribution is 0.0223. The molecule has 0 saturated heterocycles. The van der Waals surface area contributed by atoms with Crippen molar-refractivity contribution in [3.05, 3.63) is 57.6 Å². The fourth-order valence-corrected chi connectivity index (χ4v) is 3.93. The van der Waals surface area contributed by atoms with Crippen molar-refractivity contribution in [1.82, 2.24) is 0 Å². The van der Waals surface area contributed by atoms with E-state index in [4.69, 9.17) is 4.74 Å². The summed E-state index contributed by atoms with van der Waals surface area (Å²) in [6.07, 6.45) is 10.1. The zero-order chi connectivity index (χ0) is 13.5. The van der Waals surface area contributed by atoms with Crippen LogP contribution in [0.4, 0.5) is 0 Å². The van der Waals surface area contributed by atoms with E-state index in [1.165, 1.54) is 21.2 Å². The summed E-state index contributed by atoms with van der Waals surface area (Å²) in [4.78, 5) is 0. The fraction of sp³-hybridized carbons (Fsp3) is 0.412. The van der Waals surface area contributed by atoms with Crippen LogP contribution < -0.4 is 0 Å². The van der Waals surface area contributed by atoms with Gasteiger partial charge in [-0.25, -0.2) is 0 Å². The van der Waals surface area contributed by atoms with Crippen LogP contribution in [0.25, 0.3) is 0 Å². The van der Waals surface area contributed by atoms with Crippen molar-refractivity contribution in [3.8, 4) is 0 Å². The first-order valence-corrected chi connectivity index (χ1v) is 7.68. The maximum absolute atomic E-state index is 6.03. The predicted molar refractivity (Wildman–Crippen MR) is 82.2 cm³/mol. The van der Waals surface area contributed by atoms with Crippen molar-refractivity contribution in [2.75, 3.05) is 7.11 Å². The van der Waals surface area contributed by atoms with Gasteiger partial charge in [0, 0.05) is 11.6 Å². The molecule has 2 atom stereocenters. The third-order valence-corrected chi connectivity index (χ3v) is 5.11. The Bertz CT molecular complexity index is 558. The van der Waals surface area contributed by atoms with E-state index in [9.17, 15) is 0 Å². The van der Waals surface area contributed by atoms with E-state index in [1.807, 2.05) is 7.11 Å². The van der Waals surface area contributed by atoms with Crippen LogP contribution >= 0.6 is 15.9 Å². The molecule has 2 aliphatic rings. The minimum atomic E-state index is -0.246. The number of fused-ring (bicyclic) bond motifs is 1. The van der Waals surface area contributed by atoms with Gasteiger partial charge in [-0.05, 0) is 47.9 Å². The quantitative estimate of drug-likeness (QED) is 0.764. The van der Waals surface area contributed by atoms with Crippen LogP contribution in [0.5, 0.6) is 0 Å². The first-order chi connectivity index (χ1) is 9.17. The molecule has 100 valence electrons. The number of ether oxygens (including phenoxy) is 1. The van der Waals surface area contributed by atoms with Gasteiger partial charge in [0.25, 0.3) is 0 Å². The summed E-state index contributed by atoms with van der Waals surface area (Å²) in [5.74, 6) is 0.600. The van der Waals surface area contributed by atoms with Gasteiger partial charge in [0.2, 0.25) is 0 Å². The highest BCUT2D eigenvalue weighted by Crippen LogP contribution is 2.48. The van der Waals surface area contributed by atoms with Crippen LogP contribution in [-0.4, -0.2) is 7.11 Å². The molecule has 0 saturated carbocycles. The zero-order valence-electron chi connectivity index (χ0n) is 11.4. The molecule has 3 rings (SSSR count). The van der Waals surface area contributed by atoms with Crippen LogP contribution in [0, 0.1) is 5.92 Å². The van der Waals surface area contributed by atoms with Gasteiger partial charge in [0.1, 0.15) is 5.60 Å². The first kappa shape index (κ1) is 13.1. The van der Waals surface area contributed by atoms with Gasteiger partial charge < -0.3 is 4.74 Å². The zero-order valence-corrected chi connectivity index (χ0v) is 13.0. The largest absolute Gasteiger partial charge is 0.369 e. The molecule has 0 amide bonds. The second-order valence-electron chi connectivity index (χ2n) is 5.53. The Morgan fingerprint density at radius 2 is 2.21 bits per heavy atom. The molecule has 2 heteroatoms. The lowest BCUT2D eigenvalue weighted by Gasteiger charge is -2.32. The van der Waals surface area contributed by atoms with E-state index in [2.05, 4.69) is 59.3 Å². The molecule has 19 heavy (non-hydrogen) atoms. The van der Waals surface area contributed by atoms with E-state index in [1.54, 1.807) is 0 Å². The molecule has 0 radical (unpaired) electrons. The number of allylic oxidation sites excluding steroid dienone is 2. The van der Waals surface area contributed by atoms with E-state index in [0.717, 1.165) is 19.3 Å². The Kier molecular flexibility index (Phi) is 3.40. The maximum atomic E-state index is 6.03. The minimum Gasteiger partial charge on any atom is -0.369 e. The fourth-order valence-electron chi connectivity index (χ4n) is 3.37. The number of rotatable bonds is 2. The van der Waals surface area contributed by atoms with Crippen LogP contribution in [0.2, 0.25) is 0 Å². The average Bonchev–Trinajstić information content (AvgIpc) is 2.80. The summed E-state index contributed by atoms with van der Waals surface area (Å²) in [5, 5.41) is 0. The van der Waals surface area contributed by atoms with E-state index in [-0.39, 0.29) is 5.60 Å². The summed E-state index contributed by atoms with van der Waals surface area (Å²) in [5.41, 5.74) is 3.81. The number of hydrogen-bond donors (Lipinski definition) is 0. The van der Waals surface area contributed by atoms with E-state index < -0.39 is 0 Å². The van der Waals surface area contributed by atoms with Gasteiger partial charge in [0.05, 0.1) is 0 Å². The molecular formula is C17H19BrO. The summed E-state index contributed by atoms with van der Waals surface area (Å²) in [7, 11) is 1.84. The number of methoxy groups -OCH3 is 1.